The number of hydrogen-bond acceptors (Lipinski definition) is 4. The molecule has 0 amide bonds. The van der Waals surface area contributed by atoms with Crippen LogP contribution in [-0.2, 0) is 0 Å². The Hall–Kier alpha value is -1.17. The molecule has 0 radical (unpaired) electrons. The van der Waals surface area contributed by atoms with Gasteiger partial charge in [-0.25, -0.2) is 4.39 Å². The lowest BCUT2D eigenvalue weighted by atomic mass is 9.96. The summed E-state index contributed by atoms with van der Waals surface area (Å²) in [6.45, 7) is 2.90. The van der Waals surface area contributed by atoms with E-state index in [0.717, 1.165) is 30.9 Å². The van der Waals surface area contributed by atoms with E-state index in [4.69, 9.17) is 4.74 Å². The van der Waals surface area contributed by atoms with E-state index in [-0.39, 0.29) is 17.9 Å². The van der Waals surface area contributed by atoms with Gasteiger partial charge in [0, 0.05) is 31.2 Å². The summed E-state index contributed by atoms with van der Waals surface area (Å²) >= 11 is 0. The maximum atomic E-state index is 13.5. The van der Waals surface area contributed by atoms with Crippen molar-refractivity contribution >= 4 is 0 Å². The van der Waals surface area contributed by atoms with E-state index in [1.54, 1.807) is 19.2 Å². The van der Waals surface area contributed by atoms with E-state index in [9.17, 15) is 4.39 Å². The van der Waals surface area contributed by atoms with Gasteiger partial charge in [0.25, 0.3) is 0 Å². The average Bonchev–Trinajstić information content (AvgIpc) is 2.40. The van der Waals surface area contributed by atoms with Gasteiger partial charge in [0.15, 0.2) is 0 Å². The standard InChI is InChI=1S/C14H22FN3O/c1-16-14(12-9-18(2)7-6-17-12)11-8-10(15)4-5-13(11)19-3/h4-5,8,12,14,16-17H,6-7,9H2,1-3H3. The third-order valence-electron chi connectivity index (χ3n) is 3.65. The molecular formula is C14H22FN3O. The number of nitrogens with zero attached hydrogens (tertiary/aromatic N) is 1. The van der Waals surface area contributed by atoms with Crippen molar-refractivity contribution in [2.24, 2.45) is 0 Å². The summed E-state index contributed by atoms with van der Waals surface area (Å²) in [4.78, 5) is 2.28. The normalized spacial score (nSPS) is 22.2. The van der Waals surface area contributed by atoms with Crippen LogP contribution in [0.25, 0.3) is 0 Å². The summed E-state index contributed by atoms with van der Waals surface area (Å²) in [6.07, 6.45) is 0. The third-order valence-corrected chi connectivity index (χ3v) is 3.65. The lowest BCUT2D eigenvalue weighted by molar-refractivity contribution is 0.208. The third kappa shape index (κ3) is 3.23. The number of benzene rings is 1. The van der Waals surface area contributed by atoms with Gasteiger partial charge in [-0.1, -0.05) is 0 Å². The fourth-order valence-electron chi connectivity index (χ4n) is 2.68. The summed E-state index contributed by atoms with van der Waals surface area (Å²) < 4.78 is 18.9. The number of rotatable bonds is 4. The van der Waals surface area contributed by atoms with Crippen LogP contribution in [0.5, 0.6) is 5.75 Å². The lowest BCUT2D eigenvalue weighted by Crippen LogP contribution is -2.54. The highest BCUT2D eigenvalue weighted by atomic mass is 19.1. The van der Waals surface area contributed by atoms with Crippen molar-refractivity contribution in [3.8, 4) is 5.75 Å². The van der Waals surface area contributed by atoms with Crippen LogP contribution in [0.1, 0.15) is 11.6 Å². The lowest BCUT2D eigenvalue weighted by Gasteiger charge is -2.36. The molecule has 1 saturated heterocycles. The number of halogens is 1. The van der Waals surface area contributed by atoms with Crippen LogP contribution in [0.2, 0.25) is 0 Å². The van der Waals surface area contributed by atoms with Gasteiger partial charge in [-0.3, -0.25) is 0 Å². The molecular weight excluding hydrogens is 245 g/mol. The van der Waals surface area contributed by atoms with Crippen molar-refractivity contribution in [1.29, 1.82) is 0 Å². The Bertz CT molecular complexity index is 427. The fraction of sp³-hybridized carbons (Fsp3) is 0.571. The molecule has 2 atom stereocenters. The molecule has 1 aromatic rings. The van der Waals surface area contributed by atoms with Gasteiger partial charge in [-0.15, -0.1) is 0 Å². The molecule has 2 unspecified atom stereocenters. The van der Waals surface area contributed by atoms with Crippen molar-refractivity contribution in [2.45, 2.75) is 12.1 Å². The van der Waals surface area contributed by atoms with Crippen molar-refractivity contribution in [3.63, 3.8) is 0 Å². The Morgan fingerprint density at radius 1 is 1.53 bits per heavy atom. The molecule has 1 aliphatic heterocycles. The summed E-state index contributed by atoms with van der Waals surface area (Å²) in [5, 5.41) is 6.76. The first-order chi connectivity index (χ1) is 9.15. The number of piperazine rings is 1. The largest absolute Gasteiger partial charge is 0.496 e. The van der Waals surface area contributed by atoms with Crippen LogP contribution in [0.15, 0.2) is 18.2 Å². The van der Waals surface area contributed by atoms with Crippen LogP contribution in [0.4, 0.5) is 4.39 Å². The van der Waals surface area contributed by atoms with Gasteiger partial charge in [-0.2, -0.15) is 0 Å². The maximum absolute atomic E-state index is 13.5. The van der Waals surface area contributed by atoms with E-state index in [2.05, 4.69) is 22.6 Å². The van der Waals surface area contributed by atoms with Gasteiger partial charge < -0.3 is 20.3 Å². The Balaban J connectivity index is 2.27. The average molecular weight is 267 g/mol. The monoisotopic (exact) mass is 267 g/mol. The first-order valence-electron chi connectivity index (χ1n) is 6.58. The highest BCUT2D eigenvalue weighted by Gasteiger charge is 2.27. The van der Waals surface area contributed by atoms with Crippen LogP contribution in [0.3, 0.4) is 0 Å². The van der Waals surface area contributed by atoms with Crippen LogP contribution in [0, 0.1) is 5.82 Å². The molecule has 1 aliphatic rings. The number of methoxy groups -OCH3 is 1. The fourth-order valence-corrected chi connectivity index (χ4v) is 2.68. The quantitative estimate of drug-likeness (QED) is 0.853. The highest BCUT2D eigenvalue weighted by molar-refractivity contribution is 5.37. The molecule has 2 rings (SSSR count). The summed E-state index contributed by atoms with van der Waals surface area (Å²) in [6, 6.07) is 4.92. The molecule has 0 aliphatic carbocycles. The summed E-state index contributed by atoms with van der Waals surface area (Å²) in [7, 11) is 5.61. The zero-order valence-electron chi connectivity index (χ0n) is 11.7. The van der Waals surface area contributed by atoms with Crippen molar-refractivity contribution in [3.05, 3.63) is 29.6 Å². The molecule has 4 nitrogen and oxygen atoms in total. The van der Waals surface area contributed by atoms with Crippen molar-refractivity contribution in [1.82, 2.24) is 15.5 Å². The molecule has 1 fully saturated rings. The zero-order valence-corrected chi connectivity index (χ0v) is 11.7. The van der Waals surface area contributed by atoms with E-state index < -0.39 is 0 Å². The predicted octanol–water partition coefficient (Wildman–Crippen LogP) is 0.998. The summed E-state index contributed by atoms with van der Waals surface area (Å²) in [5.41, 5.74) is 0.859. The molecule has 5 heteroatoms. The number of likely N-dealkylation sites (N-methyl/N-ethyl adjacent to an activating group) is 2. The predicted molar refractivity (Wildman–Crippen MR) is 74.0 cm³/mol. The minimum atomic E-state index is -0.236. The second-order valence-electron chi connectivity index (χ2n) is 4.98. The number of ether oxygens (including phenoxy) is 1. The SMILES string of the molecule is CNC(c1cc(F)ccc1OC)C1CN(C)CCN1. The molecule has 1 aromatic carbocycles. The zero-order chi connectivity index (χ0) is 13.8. The van der Waals surface area contributed by atoms with E-state index in [0.29, 0.717) is 0 Å². The van der Waals surface area contributed by atoms with E-state index in [1.807, 2.05) is 7.05 Å². The highest BCUT2D eigenvalue weighted by Crippen LogP contribution is 2.28. The summed E-state index contributed by atoms with van der Waals surface area (Å²) in [5.74, 6) is 0.482. The van der Waals surface area contributed by atoms with Crippen molar-refractivity contribution < 1.29 is 9.13 Å². The van der Waals surface area contributed by atoms with Crippen molar-refractivity contribution in [2.75, 3.05) is 40.8 Å². The molecule has 0 spiro atoms. The van der Waals surface area contributed by atoms with E-state index in [1.165, 1.54) is 6.07 Å². The second-order valence-corrected chi connectivity index (χ2v) is 4.98. The van der Waals surface area contributed by atoms with Gasteiger partial charge in [0.1, 0.15) is 11.6 Å². The minimum Gasteiger partial charge on any atom is -0.496 e. The Morgan fingerprint density at radius 2 is 2.32 bits per heavy atom. The molecule has 2 N–H and O–H groups in total. The van der Waals surface area contributed by atoms with Crippen LogP contribution >= 0.6 is 0 Å². The van der Waals surface area contributed by atoms with Gasteiger partial charge >= 0.3 is 0 Å². The first-order valence-corrected chi connectivity index (χ1v) is 6.58. The van der Waals surface area contributed by atoms with Gasteiger partial charge in [0.2, 0.25) is 0 Å². The first kappa shape index (κ1) is 14.2. The van der Waals surface area contributed by atoms with Gasteiger partial charge in [-0.05, 0) is 32.3 Å². The number of nitrogens with one attached hydrogen (secondary N) is 2. The molecule has 1 heterocycles. The minimum absolute atomic E-state index is 0.0217. The van der Waals surface area contributed by atoms with E-state index >= 15 is 0 Å². The second kappa shape index (κ2) is 6.32. The van der Waals surface area contributed by atoms with Gasteiger partial charge in [0.05, 0.1) is 13.2 Å². The Kier molecular flexibility index (Phi) is 4.74. The topological polar surface area (TPSA) is 36.5 Å². The molecule has 19 heavy (non-hydrogen) atoms. The smallest absolute Gasteiger partial charge is 0.123 e. The van der Waals surface area contributed by atoms with Crippen LogP contribution in [-0.4, -0.2) is 51.8 Å². The molecule has 106 valence electrons. The number of hydrogen-bond donors (Lipinski definition) is 2. The Labute approximate surface area is 113 Å². The van der Waals surface area contributed by atoms with Crippen LogP contribution < -0.4 is 15.4 Å². The Morgan fingerprint density at radius 3 is 2.95 bits per heavy atom. The maximum Gasteiger partial charge on any atom is 0.123 e. The molecule has 0 bridgehead atoms. The molecule has 0 saturated carbocycles. The molecule has 0 aromatic heterocycles.